The monoisotopic (exact) mass is 382 g/mol. The topological polar surface area (TPSA) is 51.1 Å². The summed E-state index contributed by atoms with van der Waals surface area (Å²) in [6.45, 7) is 11.6. The van der Waals surface area contributed by atoms with E-state index in [2.05, 4.69) is 37.6 Å². The van der Waals surface area contributed by atoms with Gasteiger partial charge in [-0.25, -0.2) is 15.0 Å². The zero-order valence-electron chi connectivity index (χ0n) is 16.5. The Balaban J connectivity index is 1.83. The molecule has 5 nitrogen and oxygen atoms in total. The lowest BCUT2D eigenvalue weighted by atomic mass is 9.87. The summed E-state index contributed by atoms with van der Waals surface area (Å²) >= 11 is 1.76. The first-order chi connectivity index (χ1) is 12.9. The van der Waals surface area contributed by atoms with Gasteiger partial charge in [0.2, 0.25) is 0 Å². The molecule has 5 heterocycles. The highest BCUT2D eigenvalue weighted by Crippen LogP contribution is 2.44. The second kappa shape index (κ2) is 6.11. The van der Waals surface area contributed by atoms with Gasteiger partial charge in [0, 0.05) is 30.5 Å². The van der Waals surface area contributed by atoms with Crippen LogP contribution in [-0.2, 0) is 17.8 Å². The highest BCUT2D eigenvalue weighted by atomic mass is 32.1. The number of nitrogens with zero attached hydrogens (tertiary/aromatic N) is 4. The van der Waals surface area contributed by atoms with Crippen molar-refractivity contribution in [3.63, 3.8) is 0 Å². The summed E-state index contributed by atoms with van der Waals surface area (Å²) in [7, 11) is 0. The van der Waals surface area contributed by atoms with Crippen LogP contribution < -0.4 is 4.90 Å². The van der Waals surface area contributed by atoms with Crippen molar-refractivity contribution in [3.8, 4) is 0 Å². The minimum Gasteiger partial charge on any atom is -0.370 e. The van der Waals surface area contributed by atoms with Gasteiger partial charge >= 0.3 is 0 Å². The van der Waals surface area contributed by atoms with Crippen molar-refractivity contribution < 1.29 is 4.74 Å². The summed E-state index contributed by atoms with van der Waals surface area (Å²) in [5.41, 5.74) is 4.75. The molecule has 1 saturated heterocycles. The minimum absolute atomic E-state index is 0.158. The van der Waals surface area contributed by atoms with Gasteiger partial charge in [0.15, 0.2) is 0 Å². The zero-order valence-corrected chi connectivity index (χ0v) is 17.3. The molecule has 0 aromatic carbocycles. The molecule has 0 amide bonds. The molecule has 0 saturated carbocycles. The fourth-order valence-corrected chi connectivity index (χ4v) is 5.63. The third-order valence-electron chi connectivity index (χ3n) is 5.79. The van der Waals surface area contributed by atoms with Crippen LogP contribution in [0.4, 0.5) is 5.82 Å². The van der Waals surface area contributed by atoms with E-state index in [-0.39, 0.29) is 5.60 Å². The largest absolute Gasteiger partial charge is 0.370 e. The van der Waals surface area contributed by atoms with Crippen LogP contribution in [0.1, 0.15) is 63.3 Å². The van der Waals surface area contributed by atoms with Crippen molar-refractivity contribution in [3.05, 3.63) is 23.1 Å². The Bertz CT molecular complexity index is 1030. The number of ether oxygens (including phenoxy) is 1. The molecule has 0 unspecified atom stereocenters. The average molecular weight is 383 g/mol. The van der Waals surface area contributed by atoms with Crippen molar-refractivity contribution in [2.75, 3.05) is 18.0 Å². The molecule has 142 valence electrons. The predicted molar refractivity (Wildman–Crippen MR) is 111 cm³/mol. The number of hydrogen-bond donors (Lipinski definition) is 0. The number of hydrogen-bond acceptors (Lipinski definition) is 6. The first-order valence-corrected chi connectivity index (χ1v) is 10.7. The molecule has 2 aliphatic heterocycles. The first kappa shape index (κ1) is 17.3. The second-order valence-electron chi connectivity index (χ2n) is 8.69. The molecule has 0 N–H and O–H groups in total. The molecule has 3 aromatic rings. The fourth-order valence-electron chi connectivity index (χ4n) is 4.45. The molecule has 0 bridgehead atoms. The maximum absolute atomic E-state index is 6.15. The van der Waals surface area contributed by atoms with Gasteiger partial charge in [-0.3, -0.25) is 0 Å². The standard InChI is InChI=1S/C21H26N4OS/c1-12(2)16-14-10-26-21(3,4)9-13(14)15-17-18(27-20(15)24-16)19(23-11-22-17)25-7-5-6-8-25/h11-12H,5-10H2,1-4H3. The minimum atomic E-state index is -0.158. The van der Waals surface area contributed by atoms with Crippen molar-refractivity contribution in [1.82, 2.24) is 15.0 Å². The van der Waals surface area contributed by atoms with E-state index in [0.29, 0.717) is 12.5 Å². The Morgan fingerprint density at radius 3 is 2.67 bits per heavy atom. The summed E-state index contributed by atoms with van der Waals surface area (Å²) in [6, 6.07) is 0. The molecule has 0 atom stereocenters. The molecule has 2 aliphatic rings. The molecule has 0 aliphatic carbocycles. The van der Waals surface area contributed by atoms with Crippen LogP contribution in [0, 0.1) is 0 Å². The Morgan fingerprint density at radius 2 is 1.93 bits per heavy atom. The summed E-state index contributed by atoms with van der Waals surface area (Å²) in [6.07, 6.45) is 5.12. The van der Waals surface area contributed by atoms with Gasteiger partial charge in [0.05, 0.1) is 28.1 Å². The van der Waals surface area contributed by atoms with E-state index in [0.717, 1.165) is 35.7 Å². The maximum atomic E-state index is 6.15. The second-order valence-corrected chi connectivity index (χ2v) is 9.68. The molecule has 1 fully saturated rings. The third kappa shape index (κ3) is 2.72. The van der Waals surface area contributed by atoms with Crippen LogP contribution in [0.2, 0.25) is 0 Å². The number of anilines is 1. The molecule has 0 radical (unpaired) electrons. The van der Waals surface area contributed by atoms with Crippen LogP contribution in [0.3, 0.4) is 0 Å². The Labute approximate surface area is 163 Å². The van der Waals surface area contributed by atoms with Crippen molar-refractivity contribution in [1.29, 1.82) is 0 Å². The number of thiophene rings is 1. The maximum Gasteiger partial charge on any atom is 0.150 e. The van der Waals surface area contributed by atoms with E-state index in [1.165, 1.54) is 39.7 Å². The van der Waals surface area contributed by atoms with E-state index in [4.69, 9.17) is 14.7 Å². The summed E-state index contributed by atoms with van der Waals surface area (Å²) in [4.78, 5) is 18.0. The Morgan fingerprint density at radius 1 is 1.15 bits per heavy atom. The van der Waals surface area contributed by atoms with Crippen molar-refractivity contribution >= 4 is 37.6 Å². The van der Waals surface area contributed by atoms with Gasteiger partial charge in [-0.2, -0.15) is 0 Å². The lowest BCUT2D eigenvalue weighted by molar-refractivity contribution is -0.0402. The first-order valence-electron chi connectivity index (χ1n) is 9.92. The van der Waals surface area contributed by atoms with Gasteiger partial charge in [-0.1, -0.05) is 13.8 Å². The van der Waals surface area contributed by atoms with Gasteiger partial charge in [0.1, 0.15) is 17.0 Å². The number of rotatable bonds is 2. The molecular formula is C21H26N4OS. The molecule has 0 spiro atoms. The van der Waals surface area contributed by atoms with E-state index in [9.17, 15) is 0 Å². The Hall–Kier alpha value is -1.79. The summed E-state index contributed by atoms with van der Waals surface area (Å²) in [5.74, 6) is 1.47. The van der Waals surface area contributed by atoms with Crippen LogP contribution >= 0.6 is 11.3 Å². The molecule has 6 heteroatoms. The fraction of sp³-hybridized carbons (Fsp3) is 0.571. The zero-order chi connectivity index (χ0) is 18.8. The number of aromatic nitrogens is 3. The van der Waals surface area contributed by atoms with Gasteiger partial charge < -0.3 is 9.64 Å². The van der Waals surface area contributed by atoms with Crippen LogP contribution in [0.15, 0.2) is 6.33 Å². The van der Waals surface area contributed by atoms with Gasteiger partial charge in [-0.05, 0) is 38.2 Å². The van der Waals surface area contributed by atoms with E-state index >= 15 is 0 Å². The quantitative estimate of drug-likeness (QED) is 0.636. The third-order valence-corrected chi connectivity index (χ3v) is 6.86. The molecule has 5 rings (SSSR count). The predicted octanol–water partition coefficient (Wildman–Crippen LogP) is 4.81. The van der Waals surface area contributed by atoms with E-state index < -0.39 is 0 Å². The SMILES string of the molecule is CC(C)c1nc2sc3c(N4CCCC4)ncnc3c2c2c1COC(C)(C)C2. The van der Waals surface area contributed by atoms with Gasteiger partial charge in [-0.15, -0.1) is 11.3 Å². The van der Waals surface area contributed by atoms with Crippen molar-refractivity contribution in [2.24, 2.45) is 0 Å². The smallest absolute Gasteiger partial charge is 0.150 e. The number of pyridine rings is 1. The highest BCUT2D eigenvalue weighted by Gasteiger charge is 2.32. The highest BCUT2D eigenvalue weighted by molar-refractivity contribution is 7.26. The normalized spacial score (nSPS) is 19.4. The van der Waals surface area contributed by atoms with E-state index in [1.807, 2.05) is 0 Å². The van der Waals surface area contributed by atoms with Crippen LogP contribution in [0.5, 0.6) is 0 Å². The average Bonchev–Trinajstić information content (AvgIpc) is 3.27. The molecule has 27 heavy (non-hydrogen) atoms. The lowest BCUT2D eigenvalue weighted by Crippen LogP contribution is -2.32. The van der Waals surface area contributed by atoms with Crippen LogP contribution in [0.25, 0.3) is 20.4 Å². The van der Waals surface area contributed by atoms with E-state index in [1.54, 1.807) is 17.7 Å². The molecular weight excluding hydrogens is 356 g/mol. The van der Waals surface area contributed by atoms with Crippen LogP contribution in [-0.4, -0.2) is 33.6 Å². The summed E-state index contributed by atoms with van der Waals surface area (Å²) in [5, 5.41) is 1.23. The summed E-state index contributed by atoms with van der Waals surface area (Å²) < 4.78 is 7.34. The number of fused-ring (bicyclic) bond motifs is 5. The van der Waals surface area contributed by atoms with Crippen molar-refractivity contribution in [2.45, 2.75) is 65.1 Å². The van der Waals surface area contributed by atoms with Gasteiger partial charge in [0.25, 0.3) is 0 Å². The lowest BCUT2D eigenvalue weighted by Gasteiger charge is -2.33. The molecule has 3 aromatic heterocycles. The Kier molecular flexibility index (Phi) is 3.92.